The molecule has 0 aromatic carbocycles. The van der Waals surface area contributed by atoms with Gasteiger partial charge in [0.2, 0.25) is 5.91 Å². The molecule has 0 bridgehead atoms. The molecule has 0 aliphatic carbocycles. The molecule has 2 heterocycles. The zero-order chi connectivity index (χ0) is 12.1. The third-order valence-electron chi connectivity index (χ3n) is 3.86. The van der Waals surface area contributed by atoms with E-state index in [0.717, 1.165) is 32.5 Å². The van der Waals surface area contributed by atoms with Crippen molar-refractivity contribution in [3.63, 3.8) is 0 Å². The fraction of sp³-hybridized carbons (Fsp3) is 0.923. The predicted molar refractivity (Wildman–Crippen MR) is 69.0 cm³/mol. The van der Waals surface area contributed by atoms with Gasteiger partial charge in [-0.2, -0.15) is 0 Å². The molecule has 98 valence electrons. The number of nitrogens with zero attached hydrogens (tertiary/aromatic N) is 2. The monoisotopic (exact) mass is 239 g/mol. The summed E-state index contributed by atoms with van der Waals surface area (Å²) in [7, 11) is 0. The highest BCUT2D eigenvalue weighted by Gasteiger charge is 2.30. The number of hydrogen-bond donors (Lipinski definition) is 1. The van der Waals surface area contributed by atoms with Crippen LogP contribution in [-0.2, 0) is 4.79 Å². The molecule has 17 heavy (non-hydrogen) atoms. The van der Waals surface area contributed by atoms with E-state index in [-0.39, 0.29) is 5.91 Å². The Morgan fingerprint density at radius 1 is 1.29 bits per heavy atom. The molecule has 1 N–H and O–H groups in total. The topological polar surface area (TPSA) is 35.6 Å². The molecular weight excluding hydrogens is 214 g/mol. The minimum absolute atomic E-state index is 0.284. The average molecular weight is 239 g/mol. The van der Waals surface area contributed by atoms with E-state index in [9.17, 15) is 4.79 Å². The summed E-state index contributed by atoms with van der Waals surface area (Å²) in [5.41, 5.74) is 0. The molecule has 2 saturated heterocycles. The molecule has 0 saturated carbocycles. The summed E-state index contributed by atoms with van der Waals surface area (Å²) in [6.45, 7) is 7.89. The lowest BCUT2D eigenvalue weighted by Gasteiger charge is -2.25. The lowest BCUT2D eigenvalue weighted by Crippen LogP contribution is -2.43. The molecule has 1 atom stereocenters. The second-order valence-electron chi connectivity index (χ2n) is 5.20. The zero-order valence-corrected chi connectivity index (χ0v) is 11.0. The number of carbonyl (C=O) groups excluding carboxylic acids is 1. The number of nitrogens with one attached hydrogen (secondary N) is 1. The van der Waals surface area contributed by atoms with Gasteiger partial charge in [0.25, 0.3) is 0 Å². The normalized spacial score (nSPS) is 25.7. The highest BCUT2D eigenvalue weighted by atomic mass is 16.2. The first-order valence-electron chi connectivity index (χ1n) is 7.04. The largest absolute Gasteiger partial charge is 0.340 e. The lowest BCUT2D eigenvalue weighted by atomic mass is 10.2. The van der Waals surface area contributed by atoms with Gasteiger partial charge in [-0.25, -0.2) is 0 Å². The van der Waals surface area contributed by atoms with Crippen molar-refractivity contribution in [1.82, 2.24) is 15.1 Å². The van der Waals surface area contributed by atoms with Crippen LogP contribution < -0.4 is 5.32 Å². The Morgan fingerprint density at radius 3 is 2.94 bits per heavy atom. The van der Waals surface area contributed by atoms with E-state index in [1.54, 1.807) is 0 Å². The predicted octanol–water partition coefficient (Wildman–Crippen LogP) is 0.683. The summed E-state index contributed by atoms with van der Waals surface area (Å²) in [5, 5.41) is 3.21. The van der Waals surface area contributed by atoms with Gasteiger partial charge in [-0.05, 0) is 38.8 Å². The second-order valence-corrected chi connectivity index (χ2v) is 5.20. The first kappa shape index (κ1) is 12.8. The number of hydrogen-bond acceptors (Lipinski definition) is 3. The SMILES string of the molecule is CCCNCC(=O)N1CCCN2CCCC2C1. The maximum absolute atomic E-state index is 12.1. The van der Waals surface area contributed by atoms with Crippen LogP contribution in [0.5, 0.6) is 0 Å². The van der Waals surface area contributed by atoms with Crippen LogP contribution in [0.15, 0.2) is 0 Å². The third-order valence-corrected chi connectivity index (χ3v) is 3.86. The average Bonchev–Trinajstić information content (AvgIpc) is 2.66. The first-order chi connectivity index (χ1) is 8.31. The van der Waals surface area contributed by atoms with Crippen molar-refractivity contribution >= 4 is 5.91 Å². The smallest absolute Gasteiger partial charge is 0.236 e. The van der Waals surface area contributed by atoms with Gasteiger partial charge in [0, 0.05) is 25.7 Å². The highest BCUT2D eigenvalue weighted by Crippen LogP contribution is 2.21. The summed E-state index contributed by atoms with van der Waals surface area (Å²) < 4.78 is 0. The van der Waals surface area contributed by atoms with Gasteiger partial charge in [0.15, 0.2) is 0 Å². The summed E-state index contributed by atoms with van der Waals surface area (Å²) >= 11 is 0. The molecule has 4 nitrogen and oxygen atoms in total. The van der Waals surface area contributed by atoms with E-state index < -0.39 is 0 Å². The Hall–Kier alpha value is -0.610. The Balaban J connectivity index is 1.81. The van der Waals surface area contributed by atoms with E-state index in [2.05, 4.69) is 22.0 Å². The van der Waals surface area contributed by atoms with Gasteiger partial charge in [-0.3, -0.25) is 9.69 Å². The minimum Gasteiger partial charge on any atom is -0.340 e. The molecule has 4 heteroatoms. The molecule has 2 fully saturated rings. The summed E-state index contributed by atoms with van der Waals surface area (Å²) in [5.74, 6) is 0.284. The van der Waals surface area contributed by atoms with Crippen molar-refractivity contribution in [2.24, 2.45) is 0 Å². The third kappa shape index (κ3) is 3.42. The quantitative estimate of drug-likeness (QED) is 0.733. The molecule has 2 aliphatic rings. The molecule has 2 aliphatic heterocycles. The summed E-state index contributed by atoms with van der Waals surface area (Å²) in [6, 6.07) is 0.632. The molecule has 0 radical (unpaired) electrons. The molecular formula is C13H25N3O. The van der Waals surface area contributed by atoms with Gasteiger partial charge < -0.3 is 10.2 Å². The van der Waals surface area contributed by atoms with Gasteiger partial charge in [-0.15, -0.1) is 0 Å². The van der Waals surface area contributed by atoms with E-state index in [4.69, 9.17) is 0 Å². The summed E-state index contributed by atoms with van der Waals surface area (Å²) in [4.78, 5) is 16.7. The van der Waals surface area contributed by atoms with Crippen LogP contribution >= 0.6 is 0 Å². The standard InChI is InChI=1S/C13H25N3O/c1-2-6-14-10-13(17)16-9-4-8-15-7-3-5-12(15)11-16/h12,14H,2-11H2,1H3. The van der Waals surface area contributed by atoms with Gasteiger partial charge in [0.05, 0.1) is 6.54 Å². The fourth-order valence-electron chi connectivity index (χ4n) is 2.92. The number of fused-ring (bicyclic) bond motifs is 1. The van der Waals surface area contributed by atoms with E-state index >= 15 is 0 Å². The lowest BCUT2D eigenvalue weighted by molar-refractivity contribution is -0.130. The molecule has 1 unspecified atom stereocenters. The Bertz CT molecular complexity index is 257. The Labute approximate surface area is 104 Å². The van der Waals surface area contributed by atoms with Gasteiger partial charge >= 0.3 is 0 Å². The Morgan fingerprint density at radius 2 is 2.12 bits per heavy atom. The van der Waals surface area contributed by atoms with Crippen LogP contribution in [0.1, 0.15) is 32.6 Å². The number of rotatable bonds is 4. The van der Waals surface area contributed by atoms with Crippen LogP contribution in [0.4, 0.5) is 0 Å². The van der Waals surface area contributed by atoms with Crippen molar-refractivity contribution < 1.29 is 4.79 Å². The van der Waals surface area contributed by atoms with Crippen molar-refractivity contribution in [2.75, 3.05) is 39.3 Å². The molecule has 0 spiro atoms. The second kappa shape index (κ2) is 6.36. The van der Waals surface area contributed by atoms with Crippen molar-refractivity contribution in [1.29, 1.82) is 0 Å². The van der Waals surface area contributed by atoms with E-state index in [1.807, 2.05) is 0 Å². The molecule has 0 aromatic rings. The zero-order valence-electron chi connectivity index (χ0n) is 11.0. The van der Waals surface area contributed by atoms with Gasteiger partial charge in [-0.1, -0.05) is 6.92 Å². The maximum atomic E-state index is 12.1. The Kier molecular flexibility index (Phi) is 4.80. The van der Waals surface area contributed by atoms with E-state index in [0.29, 0.717) is 12.6 Å². The first-order valence-corrected chi connectivity index (χ1v) is 7.04. The van der Waals surface area contributed by atoms with Crippen molar-refractivity contribution in [3.05, 3.63) is 0 Å². The van der Waals surface area contributed by atoms with Crippen LogP contribution in [0, 0.1) is 0 Å². The van der Waals surface area contributed by atoms with Crippen LogP contribution in [0.2, 0.25) is 0 Å². The van der Waals surface area contributed by atoms with Crippen LogP contribution in [-0.4, -0.2) is 61.0 Å². The molecule has 0 aromatic heterocycles. The van der Waals surface area contributed by atoms with Crippen molar-refractivity contribution in [2.45, 2.75) is 38.6 Å². The minimum atomic E-state index is 0.284. The number of amides is 1. The summed E-state index contributed by atoms with van der Waals surface area (Å²) in [6.07, 6.45) is 4.80. The van der Waals surface area contributed by atoms with E-state index in [1.165, 1.54) is 25.9 Å². The fourth-order valence-corrected chi connectivity index (χ4v) is 2.92. The highest BCUT2D eigenvalue weighted by molar-refractivity contribution is 5.78. The van der Waals surface area contributed by atoms with Crippen LogP contribution in [0.25, 0.3) is 0 Å². The van der Waals surface area contributed by atoms with Gasteiger partial charge in [0.1, 0.15) is 0 Å². The molecule has 1 amide bonds. The van der Waals surface area contributed by atoms with Crippen LogP contribution in [0.3, 0.4) is 0 Å². The molecule has 2 rings (SSSR count). The van der Waals surface area contributed by atoms with Crippen molar-refractivity contribution in [3.8, 4) is 0 Å². The number of carbonyl (C=O) groups is 1. The maximum Gasteiger partial charge on any atom is 0.236 e.